The Labute approximate surface area is 222 Å². The van der Waals surface area contributed by atoms with E-state index in [1.54, 1.807) is 18.0 Å². The third kappa shape index (κ3) is 3.61. The van der Waals surface area contributed by atoms with E-state index in [-0.39, 0.29) is 23.2 Å². The minimum absolute atomic E-state index is 0.00724. The van der Waals surface area contributed by atoms with Crippen molar-refractivity contribution in [3.05, 3.63) is 12.0 Å². The quantitative estimate of drug-likeness (QED) is 0.419. The molecule has 1 aromatic heterocycles. The maximum absolute atomic E-state index is 14.2. The number of Topliss-reactive ketones (excluding diaryl/α,β-unsaturated/α-hetero) is 1. The van der Waals surface area contributed by atoms with Crippen LogP contribution in [0.15, 0.2) is 10.6 Å². The maximum Gasteiger partial charge on any atom is 0.295 e. The van der Waals surface area contributed by atoms with Gasteiger partial charge < -0.3 is 25.7 Å². The second kappa shape index (κ2) is 8.29. The van der Waals surface area contributed by atoms with E-state index in [9.17, 15) is 19.2 Å². The van der Waals surface area contributed by atoms with Crippen molar-refractivity contribution < 1.29 is 23.6 Å². The topological polar surface area (TPSA) is 148 Å². The lowest BCUT2D eigenvalue weighted by Gasteiger charge is -2.37. The molecule has 4 saturated carbocycles. The number of carbonyl (C=O) groups excluding carboxylic acids is 4. The fraction of sp³-hybridized carbons (Fsp3) is 0.750. The number of fused-ring (bicyclic) bond motifs is 2. The average molecular weight is 526 g/mol. The molecule has 2 spiro atoms. The van der Waals surface area contributed by atoms with Crippen molar-refractivity contribution in [1.29, 1.82) is 0 Å². The first-order valence-corrected chi connectivity index (χ1v) is 14.0. The van der Waals surface area contributed by atoms with Gasteiger partial charge in [-0.05, 0) is 61.2 Å². The van der Waals surface area contributed by atoms with Crippen LogP contribution in [0.3, 0.4) is 0 Å². The highest BCUT2D eigenvalue weighted by Crippen LogP contribution is 3.01. The van der Waals surface area contributed by atoms with Gasteiger partial charge in [0, 0.05) is 12.0 Å². The predicted molar refractivity (Wildman–Crippen MR) is 137 cm³/mol. The van der Waals surface area contributed by atoms with Crippen molar-refractivity contribution in [3.8, 4) is 0 Å². The molecular weight excluding hydrogens is 486 g/mol. The Morgan fingerprint density at radius 2 is 1.97 bits per heavy atom. The first-order chi connectivity index (χ1) is 17.9. The summed E-state index contributed by atoms with van der Waals surface area (Å²) in [7, 11) is 0. The van der Waals surface area contributed by atoms with Gasteiger partial charge in [-0.1, -0.05) is 40.0 Å². The molecule has 0 bridgehead atoms. The summed E-state index contributed by atoms with van der Waals surface area (Å²) in [6.07, 6.45) is 8.04. The highest BCUT2D eigenvalue weighted by Gasteiger charge is 2.98. The SMILES string of the molecule is Cc1cnc(N[C@H](C(=O)N2C[C@]3(C[C@H]2C(=O)NC(CC2CCC2)C(=O)C(N)=O)C2C4CCC423)C(C)(C)C)o1. The zero-order valence-corrected chi connectivity index (χ0v) is 22.7. The number of nitrogens with zero attached hydrogens (tertiary/aromatic N) is 2. The van der Waals surface area contributed by atoms with Gasteiger partial charge in [-0.25, -0.2) is 4.98 Å². The lowest BCUT2D eigenvalue weighted by Crippen LogP contribution is -2.57. The summed E-state index contributed by atoms with van der Waals surface area (Å²) in [6, 6.07) is -2.05. The van der Waals surface area contributed by atoms with Gasteiger partial charge in [-0.2, -0.15) is 0 Å². The number of oxazole rings is 1. The number of anilines is 1. The molecular formula is C28H39N5O5. The molecule has 5 fully saturated rings. The van der Waals surface area contributed by atoms with Crippen LogP contribution in [0.2, 0.25) is 0 Å². The minimum Gasteiger partial charge on any atom is -0.429 e. The highest BCUT2D eigenvalue weighted by atomic mass is 16.4. The summed E-state index contributed by atoms with van der Waals surface area (Å²) in [5, 5.41) is 6.03. The van der Waals surface area contributed by atoms with Gasteiger partial charge >= 0.3 is 0 Å². The number of aromatic nitrogens is 1. The summed E-state index contributed by atoms with van der Waals surface area (Å²) in [4.78, 5) is 58.3. The van der Waals surface area contributed by atoms with Gasteiger partial charge in [-0.3, -0.25) is 19.2 Å². The zero-order valence-electron chi connectivity index (χ0n) is 22.7. The van der Waals surface area contributed by atoms with Crippen molar-refractivity contribution in [3.63, 3.8) is 0 Å². The second-order valence-electron chi connectivity index (χ2n) is 13.5. The van der Waals surface area contributed by atoms with Crippen LogP contribution in [-0.4, -0.2) is 58.1 Å². The first-order valence-electron chi connectivity index (χ1n) is 14.0. The van der Waals surface area contributed by atoms with Crippen molar-refractivity contribution in [2.45, 2.75) is 90.8 Å². The van der Waals surface area contributed by atoms with Crippen LogP contribution in [0.1, 0.15) is 71.5 Å². The maximum atomic E-state index is 14.2. The van der Waals surface area contributed by atoms with E-state index < -0.39 is 35.2 Å². The molecule has 38 heavy (non-hydrogen) atoms. The molecule has 4 unspecified atom stereocenters. The Kier molecular flexibility index (Phi) is 5.54. The van der Waals surface area contributed by atoms with Crippen molar-refractivity contribution in [1.82, 2.24) is 15.2 Å². The monoisotopic (exact) mass is 525 g/mol. The zero-order chi connectivity index (χ0) is 27.2. The number of rotatable bonds is 9. The van der Waals surface area contributed by atoms with Crippen molar-refractivity contribution in [2.75, 3.05) is 11.9 Å². The fourth-order valence-corrected chi connectivity index (χ4v) is 8.15. The Bertz CT molecular complexity index is 1200. The molecule has 10 heteroatoms. The molecule has 0 aromatic carbocycles. The number of nitrogens with two attached hydrogens (primary N) is 1. The smallest absolute Gasteiger partial charge is 0.295 e. The molecule has 0 radical (unpaired) electrons. The van der Waals surface area contributed by atoms with Crippen molar-refractivity contribution >= 4 is 29.5 Å². The predicted octanol–water partition coefficient (Wildman–Crippen LogP) is 2.17. The van der Waals surface area contributed by atoms with Gasteiger partial charge in [-0.15, -0.1) is 0 Å². The lowest BCUT2D eigenvalue weighted by molar-refractivity contribution is -0.142. The highest BCUT2D eigenvalue weighted by molar-refractivity contribution is 6.37. The molecule has 1 aromatic rings. The number of ketones is 1. The number of likely N-dealkylation sites (tertiary alicyclic amines) is 1. The van der Waals surface area contributed by atoms with Crippen LogP contribution in [-0.2, 0) is 19.2 Å². The fourth-order valence-electron chi connectivity index (χ4n) is 8.15. The number of carbonyl (C=O) groups is 4. The number of primary amides is 1. The average Bonchev–Trinajstić information content (AvgIpc) is 3.28. The van der Waals surface area contributed by atoms with Crippen LogP contribution in [0, 0.1) is 40.9 Å². The number of amides is 3. The lowest BCUT2D eigenvalue weighted by atomic mass is 9.69. The van der Waals surface area contributed by atoms with E-state index in [1.807, 2.05) is 20.8 Å². The largest absolute Gasteiger partial charge is 0.429 e. The van der Waals surface area contributed by atoms with Gasteiger partial charge in [0.2, 0.25) is 17.6 Å². The molecule has 206 valence electrons. The molecule has 1 aliphatic heterocycles. The van der Waals surface area contributed by atoms with E-state index in [1.165, 1.54) is 12.8 Å². The van der Waals surface area contributed by atoms with Crippen LogP contribution in [0.4, 0.5) is 6.01 Å². The molecule has 7 atom stereocenters. The molecule has 10 nitrogen and oxygen atoms in total. The summed E-state index contributed by atoms with van der Waals surface area (Å²) in [6.45, 7) is 8.23. The molecule has 6 rings (SSSR count). The first kappa shape index (κ1) is 25.4. The van der Waals surface area contributed by atoms with Crippen molar-refractivity contribution in [2.24, 2.45) is 39.7 Å². The summed E-state index contributed by atoms with van der Waals surface area (Å²) < 4.78 is 5.61. The van der Waals surface area contributed by atoms with E-state index in [2.05, 4.69) is 15.6 Å². The normalized spacial score (nSPS) is 34.3. The Hall–Kier alpha value is -2.91. The molecule has 1 saturated heterocycles. The van der Waals surface area contributed by atoms with Gasteiger partial charge in [0.1, 0.15) is 17.8 Å². The minimum atomic E-state index is -1.04. The van der Waals surface area contributed by atoms with Gasteiger partial charge in [0.15, 0.2) is 0 Å². The van der Waals surface area contributed by atoms with Crippen LogP contribution in [0.5, 0.6) is 0 Å². The number of hydrogen-bond donors (Lipinski definition) is 3. The summed E-state index contributed by atoms with van der Waals surface area (Å²) in [5.74, 6) is -0.0874. The molecule has 4 N–H and O–H groups in total. The van der Waals surface area contributed by atoms with E-state index in [0.717, 1.165) is 25.2 Å². The van der Waals surface area contributed by atoms with E-state index >= 15 is 0 Å². The van der Waals surface area contributed by atoms with Gasteiger partial charge in [0.05, 0.1) is 12.2 Å². The van der Waals surface area contributed by atoms with Crippen LogP contribution >= 0.6 is 0 Å². The molecule has 4 aliphatic carbocycles. The van der Waals surface area contributed by atoms with E-state index in [4.69, 9.17) is 10.2 Å². The molecule has 3 amide bonds. The standard InChI is InChI=1S/C28H39N5O5/c1-14-12-30-25(38-14)32-21(26(2,3)4)24(37)33-13-27(20-16-8-9-28(16,20)27)11-18(33)23(36)31-17(19(34)22(29)35)10-15-6-5-7-15/h12,15-18,20-21H,5-11,13H2,1-4H3,(H2,29,35)(H,30,32)(H,31,36)/t16?,17?,18-,20?,21+,27+,28?/m0/s1. The number of hydrogen-bond acceptors (Lipinski definition) is 7. The molecule has 2 heterocycles. The summed E-state index contributed by atoms with van der Waals surface area (Å²) in [5.41, 5.74) is 5.14. The van der Waals surface area contributed by atoms with Gasteiger partial charge in [0.25, 0.3) is 11.9 Å². The van der Waals surface area contributed by atoms with E-state index in [0.29, 0.717) is 42.4 Å². The number of nitrogens with one attached hydrogen (secondary N) is 2. The summed E-state index contributed by atoms with van der Waals surface area (Å²) >= 11 is 0. The third-order valence-electron chi connectivity index (χ3n) is 10.5. The second-order valence-corrected chi connectivity index (χ2v) is 13.5. The number of aryl methyl sites for hydroxylation is 1. The Morgan fingerprint density at radius 3 is 2.45 bits per heavy atom. The molecule has 5 aliphatic rings. The van der Waals surface area contributed by atoms with Crippen LogP contribution < -0.4 is 16.4 Å². The Balaban J connectivity index is 1.25. The third-order valence-corrected chi connectivity index (χ3v) is 10.5. The Morgan fingerprint density at radius 1 is 1.24 bits per heavy atom. The van der Waals surface area contributed by atoms with Crippen LogP contribution in [0.25, 0.3) is 0 Å².